The number of carboxylic acid groups (broad SMARTS) is 1. The molecule has 0 aromatic heterocycles. The van der Waals surface area contributed by atoms with Crippen LogP contribution in [-0.2, 0) is 25.7 Å². The van der Waals surface area contributed by atoms with Gasteiger partial charge in [-0.15, -0.1) is 11.8 Å². The number of carboxylic acids is 1. The third-order valence-electron chi connectivity index (χ3n) is 8.77. The van der Waals surface area contributed by atoms with Crippen LogP contribution in [0.15, 0.2) is 34.9 Å². The van der Waals surface area contributed by atoms with Crippen LogP contribution in [0.3, 0.4) is 0 Å². The molecule has 3 saturated heterocycles. The molecule has 44 heavy (non-hydrogen) atoms. The predicted molar refractivity (Wildman–Crippen MR) is 158 cm³/mol. The molecule has 15 heteroatoms. The average Bonchev–Trinajstić information content (AvgIpc) is 3.48. The summed E-state index contributed by atoms with van der Waals surface area (Å²) in [6, 6.07) is 4.42. The number of nitro groups is 1. The highest BCUT2D eigenvalue weighted by Crippen LogP contribution is 2.52. The number of amides is 3. The Bertz CT molecular complexity index is 1380. The Morgan fingerprint density at radius 1 is 1.14 bits per heavy atom. The highest BCUT2D eigenvalue weighted by atomic mass is 32.2. The second kappa shape index (κ2) is 12.4. The van der Waals surface area contributed by atoms with Gasteiger partial charge < -0.3 is 30.1 Å². The zero-order valence-electron chi connectivity index (χ0n) is 24.9. The van der Waals surface area contributed by atoms with Gasteiger partial charge in [-0.05, 0) is 44.9 Å². The van der Waals surface area contributed by atoms with Crippen molar-refractivity contribution < 1.29 is 39.1 Å². The monoisotopic (exact) mass is 631 g/mol. The first-order valence-corrected chi connectivity index (χ1v) is 15.5. The van der Waals surface area contributed by atoms with Crippen molar-refractivity contribution in [3.63, 3.8) is 0 Å². The zero-order valence-corrected chi connectivity index (χ0v) is 25.7. The van der Waals surface area contributed by atoms with Crippen molar-refractivity contribution in [2.45, 2.75) is 76.2 Å². The summed E-state index contributed by atoms with van der Waals surface area (Å²) in [5.74, 6) is -2.94. The molecule has 0 radical (unpaired) electrons. The Morgan fingerprint density at radius 3 is 2.34 bits per heavy atom. The molecule has 4 aliphatic heterocycles. The van der Waals surface area contributed by atoms with E-state index in [4.69, 9.17) is 4.74 Å². The summed E-state index contributed by atoms with van der Waals surface area (Å²) in [6.07, 6.45) is -1.39. The summed E-state index contributed by atoms with van der Waals surface area (Å²) < 4.78 is 5.56. The summed E-state index contributed by atoms with van der Waals surface area (Å²) in [6.45, 7) is 8.19. The number of nitrogens with zero attached hydrogens (tertiary/aromatic N) is 4. The Morgan fingerprint density at radius 2 is 1.77 bits per heavy atom. The predicted octanol–water partition coefficient (Wildman–Crippen LogP) is 1.77. The van der Waals surface area contributed by atoms with Gasteiger partial charge in [0.05, 0.1) is 23.0 Å². The summed E-state index contributed by atoms with van der Waals surface area (Å²) in [4.78, 5) is 67.7. The number of piperazine rings is 1. The third kappa shape index (κ3) is 5.87. The zero-order chi connectivity index (χ0) is 32.0. The van der Waals surface area contributed by atoms with Gasteiger partial charge in [0, 0.05) is 59.9 Å². The molecular weight excluding hydrogens is 594 g/mol. The first-order chi connectivity index (χ1) is 20.8. The topological polar surface area (TPSA) is 183 Å². The van der Waals surface area contributed by atoms with Crippen LogP contribution < -0.4 is 5.32 Å². The van der Waals surface area contributed by atoms with Crippen LogP contribution in [-0.4, -0.2) is 109 Å². The molecule has 0 bridgehead atoms. The SMILES string of the molecule is C[C@@H]1CN(C(=O)[C@@H]2C[C@H](SC3=C(C(=O)O)N4C(=O)[C@H]([C@@H](C)O)[C@H]4[C@H]3C)CN2C(=O)OCc2ccc([N+](=O)[O-])cc2)C[C@H](C)N1. The number of fused-ring (bicyclic) bond motifs is 1. The number of hydrogen-bond acceptors (Lipinski definition) is 10. The molecule has 3 N–H and O–H groups in total. The Hall–Kier alpha value is -3.69. The Labute approximate surface area is 258 Å². The number of carbonyl (C=O) groups excluding carboxylic acids is 3. The maximum Gasteiger partial charge on any atom is 0.410 e. The van der Waals surface area contributed by atoms with E-state index >= 15 is 0 Å². The van der Waals surface area contributed by atoms with Crippen LogP contribution >= 0.6 is 11.8 Å². The molecule has 8 atom stereocenters. The number of likely N-dealkylation sites (tertiary alicyclic amines) is 1. The standard InChI is InChI=1S/C29H37N5O9S/c1-14-10-31(11-15(2)30-14)26(36)21-9-20(12-32(21)29(40)43-13-18-5-7-19(8-6-18)34(41)42)44-25-16(3)23-22(17(4)35)27(37)33(23)24(25)28(38)39/h5-8,14-17,20-23,30,35H,9-13H2,1-4H3,(H,38,39)/t14-,15+,16-,17-,20+,21+,22-,23-/m1/s1. The van der Waals surface area contributed by atoms with Gasteiger partial charge in [-0.3, -0.25) is 24.6 Å². The van der Waals surface area contributed by atoms with Crippen LogP contribution in [0, 0.1) is 22.0 Å². The van der Waals surface area contributed by atoms with Gasteiger partial charge in [0.1, 0.15) is 18.3 Å². The van der Waals surface area contributed by atoms with Crippen LogP contribution in [0.1, 0.15) is 39.7 Å². The van der Waals surface area contributed by atoms with Crippen molar-refractivity contribution in [3.05, 3.63) is 50.5 Å². The van der Waals surface area contributed by atoms with Crippen molar-refractivity contribution in [1.29, 1.82) is 0 Å². The number of aliphatic carboxylic acids is 1. The van der Waals surface area contributed by atoms with Gasteiger partial charge in [0.15, 0.2) is 0 Å². The van der Waals surface area contributed by atoms with E-state index < -0.39 is 47.0 Å². The number of carbonyl (C=O) groups is 4. The summed E-state index contributed by atoms with van der Waals surface area (Å²) >= 11 is 1.26. The van der Waals surface area contributed by atoms with E-state index in [0.29, 0.717) is 23.6 Å². The number of hydrogen-bond donors (Lipinski definition) is 3. The van der Waals surface area contributed by atoms with E-state index in [1.54, 1.807) is 4.90 Å². The van der Waals surface area contributed by atoms with Gasteiger partial charge >= 0.3 is 12.1 Å². The maximum absolute atomic E-state index is 13.9. The number of ether oxygens (including phenoxy) is 1. The minimum absolute atomic E-state index is 0.0587. The average molecular weight is 632 g/mol. The fourth-order valence-electron chi connectivity index (χ4n) is 6.84. The molecule has 1 aromatic rings. The number of aliphatic hydroxyl groups is 1. The van der Waals surface area contributed by atoms with Gasteiger partial charge in [-0.1, -0.05) is 6.92 Å². The molecule has 238 valence electrons. The molecule has 5 rings (SSSR count). The van der Waals surface area contributed by atoms with Crippen LogP contribution in [0.2, 0.25) is 0 Å². The lowest BCUT2D eigenvalue weighted by Gasteiger charge is -2.46. The molecule has 4 heterocycles. The fourth-order valence-corrected chi connectivity index (χ4v) is 8.36. The lowest BCUT2D eigenvalue weighted by molar-refractivity contribution is -0.384. The van der Waals surface area contributed by atoms with Crippen molar-refractivity contribution >= 4 is 41.3 Å². The first kappa shape index (κ1) is 31.7. The molecule has 3 amide bonds. The molecule has 1 aromatic carbocycles. The molecule has 0 spiro atoms. The van der Waals surface area contributed by atoms with Gasteiger partial charge in [0.25, 0.3) is 5.69 Å². The number of thioether (sulfide) groups is 1. The third-order valence-corrected chi connectivity index (χ3v) is 10.3. The number of nitro benzene ring substituents is 1. The van der Waals surface area contributed by atoms with Crippen LogP contribution in [0.5, 0.6) is 0 Å². The second-order valence-electron chi connectivity index (χ2n) is 12.1. The van der Waals surface area contributed by atoms with Crippen molar-refractivity contribution in [3.8, 4) is 0 Å². The number of benzene rings is 1. The van der Waals surface area contributed by atoms with E-state index in [1.807, 2.05) is 20.8 Å². The number of rotatable bonds is 8. The molecule has 0 unspecified atom stereocenters. The first-order valence-electron chi connectivity index (χ1n) is 14.6. The van der Waals surface area contributed by atoms with Gasteiger partial charge in [-0.25, -0.2) is 9.59 Å². The smallest absolute Gasteiger partial charge is 0.410 e. The molecule has 0 saturated carbocycles. The van der Waals surface area contributed by atoms with E-state index in [-0.39, 0.29) is 60.1 Å². The van der Waals surface area contributed by atoms with Gasteiger partial charge in [-0.2, -0.15) is 0 Å². The normalized spacial score (nSPS) is 30.6. The second-order valence-corrected chi connectivity index (χ2v) is 13.4. The number of non-ortho nitro benzene ring substituents is 1. The largest absolute Gasteiger partial charge is 0.477 e. The van der Waals surface area contributed by atoms with Crippen molar-refractivity contribution in [2.75, 3.05) is 19.6 Å². The number of aliphatic hydroxyl groups excluding tert-OH is 1. The fraction of sp³-hybridized carbons (Fsp3) is 0.586. The van der Waals surface area contributed by atoms with Crippen molar-refractivity contribution in [2.24, 2.45) is 11.8 Å². The van der Waals surface area contributed by atoms with E-state index in [0.717, 1.165) is 0 Å². The number of nitrogens with one attached hydrogen (secondary N) is 1. The Balaban J connectivity index is 1.36. The quantitative estimate of drug-likeness (QED) is 0.216. The summed E-state index contributed by atoms with van der Waals surface area (Å²) in [7, 11) is 0. The lowest BCUT2D eigenvalue weighted by atomic mass is 9.79. The van der Waals surface area contributed by atoms with Crippen LogP contribution in [0.4, 0.5) is 10.5 Å². The van der Waals surface area contributed by atoms with E-state index in [9.17, 15) is 39.5 Å². The molecule has 0 aliphatic carbocycles. The van der Waals surface area contributed by atoms with Crippen LogP contribution in [0.25, 0.3) is 0 Å². The van der Waals surface area contributed by atoms with E-state index in [1.165, 1.54) is 52.8 Å². The van der Waals surface area contributed by atoms with Crippen molar-refractivity contribution in [1.82, 2.24) is 20.0 Å². The highest BCUT2D eigenvalue weighted by Gasteiger charge is 2.60. The Kier molecular flexibility index (Phi) is 8.92. The molecule has 4 aliphatic rings. The minimum atomic E-state index is -1.24. The van der Waals surface area contributed by atoms with E-state index in [2.05, 4.69) is 5.32 Å². The molecule has 14 nitrogen and oxygen atoms in total. The molecular formula is C29H37N5O9S. The maximum atomic E-state index is 13.9. The summed E-state index contributed by atoms with van der Waals surface area (Å²) in [5.41, 5.74) is 0.341. The highest BCUT2D eigenvalue weighted by molar-refractivity contribution is 8.03. The lowest BCUT2D eigenvalue weighted by Crippen LogP contribution is -2.63. The number of β-lactam (4-membered cyclic amide) rings is 1. The molecule has 3 fully saturated rings. The minimum Gasteiger partial charge on any atom is -0.477 e. The van der Waals surface area contributed by atoms with Gasteiger partial charge in [0.2, 0.25) is 11.8 Å². The summed E-state index contributed by atoms with van der Waals surface area (Å²) in [5, 5.41) is 34.2.